The van der Waals surface area contributed by atoms with Crippen molar-refractivity contribution in [3.8, 4) is 0 Å². The van der Waals surface area contributed by atoms with Crippen molar-refractivity contribution in [3.05, 3.63) is 119 Å². The third kappa shape index (κ3) is 5.12. The maximum absolute atomic E-state index is 12.7. The molecular formula is C29H28N2OS. The summed E-state index contributed by atoms with van der Waals surface area (Å²) in [7, 11) is 0. The molecule has 0 bridgehead atoms. The molecule has 1 aromatic heterocycles. The van der Waals surface area contributed by atoms with Gasteiger partial charge in [-0.05, 0) is 54.0 Å². The van der Waals surface area contributed by atoms with Crippen LogP contribution < -0.4 is 0 Å². The summed E-state index contributed by atoms with van der Waals surface area (Å²) in [5.74, 6) is 0.298. The van der Waals surface area contributed by atoms with Gasteiger partial charge < -0.3 is 4.57 Å². The van der Waals surface area contributed by atoms with Crippen molar-refractivity contribution in [3.63, 3.8) is 0 Å². The minimum Gasteiger partial charge on any atom is -0.336 e. The van der Waals surface area contributed by atoms with Crippen LogP contribution in [-0.2, 0) is 25.8 Å². The van der Waals surface area contributed by atoms with E-state index in [4.69, 9.17) is 0 Å². The number of thioether (sulfide) groups is 1. The largest absolute Gasteiger partial charge is 0.336 e. The lowest BCUT2D eigenvalue weighted by molar-refractivity contribution is 0.0972. The van der Waals surface area contributed by atoms with E-state index >= 15 is 0 Å². The summed E-state index contributed by atoms with van der Waals surface area (Å²) in [6.45, 7) is 0.850. The topological polar surface area (TPSA) is 34.9 Å². The predicted octanol–water partition coefficient (Wildman–Crippen LogP) is 6.72. The Morgan fingerprint density at radius 3 is 2.45 bits per heavy atom. The van der Waals surface area contributed by atoms with E-state index in [2.05, 4.69) is 82.3 Å². The number of aryl methyl sites for hydroxylation is 1. The Labute approximate surface area is 199 Å². The monoisotopic (exact) mass is 452 g/mol. The standard InChI is InChI=1S/C29H28N2OS/c32-27-13-7-12-24-25(27)16-17-28(26(24)15-14-22-8-3-1-4-9-22)33-29(20-31-19-18-30-21-31)23-10-5-2-6-11-23/h1-6,8-11,16-19,21,29H,7,12-15,20H2/t29-/m1/s1. The first-order chi connectivity index (χ1) is 16.3. The Balaban J connectivity index is 1.50. The molecule has 1 heterocycles. The summed E-state index contributed by atoms with van der Waals surface area (Å²) >= 11 is 1.92. The number of hydrogen-bond acceptors (Lipinski definition) is 3. The summed E-state index contributed by atoms with van der Waals surface area (Å²) in [5.41, 5.74) is 6.23. The molecule has 0 unspecified atom stereocenters. The van der Waals surface area contributed by atoms with Crippen molar-refractivity contribution in [1.29, 1.82) is 0 Å². The molecule has 3 aromatic carbocycles. The molecule has 0 saturated heterocycles. The molecule has 0 aliphatic heterocycles. The molecule has 1 aliphatic carbocycles. The minimum atomic E-state index is 0.258. The van der Waals surface area contributed by atoms with Crippen molar-refractivity contribution < 1.29 is 4.79 Å². The second-order valence-corrected chi connectivity index (χ2v) is 9.85. The Morgan fingerprint density at radius 2 is 1.70 bits per heavy atom. The van der Waals surface area contributed by atoms with Gasteiger partial charge >= 0.3 is 0 Å². The SMILES string of the molecule is O=C1CCCc2c1ccc(S[C@H](Cn1ccnc1)c1ccccc1)c2CCc1ccccc1. The molecule has 1 atom stereocenters. The molecule has 4 heteroatoms. The highest BCUT2D eigenvalue weighted by molar-refractivity contribution is 7.99. The lowest BCUT2D eigenvalue weighted by atomic mass is 9.85. The van der Waals surface area contributed by atoms with E-state index in [1.807, 2.05) is 30.5 Å². The molecular weight excluding hydrogens is 424 g/mol. The van der Waals surface area contributed by atoms with Crippen molar-refractivity contribution in [2.24, 2.45) is 0 Å². The van der Waals surface area contributed by atoms with E-state index < -0.39 is 0 Å². The highest BCUT2D eigenvalue weighted by Gasteiger charge is 2.24. The van der Waals surface area contributed by atoms with Crippen LogP contribution in [-0.4, -0.2) is 15.3 Å². The number of hydrogen-bond donors (Lipinski definition) is 0. The average Bonchev–Trinajstić information content (AvgIpc) is 3.37. The van der Waals surface area contributed by atoms with Crippen LogP contribution in [0.4, 0.5) is 0 Å². The highest BCUT2D eigenvalue weighted by atomic mass is 32.2. The van der Waals surface area contributed by atoms with E-state index in [1.165, 1.54) is 27.1 Å². The normalized spacial score (nSPS) is 14.1. The van der Waals surface area contributed by atoms with Gasteiger partial charge in [-0.1, -0.05) is 66.7 Å². The first-order valence-electron chi connectivity index (χ1n) is 11.7. The zero-order chi connectivity index (χ0) is 22.5. The molecule has 166 valence electrons. The third-order valence-electron chi connectivity index (χ3n) is 6.40. The number of benzene rings is 3. The second-order valence-electron chi connectivity index (χ2n) is 8.61. The van der Waals surface area contributed by atoms with Crippen LogP contribution in [0.15, 0.2) is 96.4 Å². The zero-order valence-electron chi connectivity index (χ0n) is 18.7. The number of imidazole rings is 1. The van der Waals surface area contributed by atoms with Crippen molar-refractivity contribution in [2.45, 2.75) is 48.8 Å². The fraction of sp³-hybridized carbons (Fsp3) is 0.241. The maximum Gasteiger partial charge on any atom is 0.163 e. The van der Waals surface area contributed by atoms with E-state index in [9.17, 15) is 4.79 Å². The number of aromatic nitrogens is 2. The molecule has 33 heavy (non-hydrogen) atoms. The number of rotatable bonds is 8. The van der Waals surface area contributed by atoms with E-state index in [0.29, 0.717) is 12.2 Å². The van der Waals surface area contributed by atoms with Crippen LogP contribution in [0.25, 0.3) is 0 Å². The minimum absolute atomic E-state index is 0.258. The molecule has 4 aromatic rings. The number of carbonyl (C=O) groups is 1. The molecule has 0 radical (unpaired) electrons. The van der Waals surface area contributed by atoms with Crippen LogP contribution in [0.1, 0.15) is 50.7 Å². The Hall–Kier alpha value is -3.11. The summed E-state index contributed by atoms with van der Waals surface area (Å²) in [5, 5.41) is 0.258. The summed E-state index contributed by atoms with van der Waals surface area (Å²) in [6, 6.07) is 25.6. The van der Waals surface area contributed by atoms with Gasteiger partial charge in [0, 0.05) is 35.8 Å². The summed E-state index contributed by atoms with van der Waals surface area (Å²) < 4.78 is 2.15. The van der Waals surface area contributed by atoms with Crippen LogP contribution in [0, 0.1) is 0 Å². The highest BCUT2D eigenvalue weighted by Crippen LogP contribution is 2.41. The van der Waals surface area contributed by atoms with Crippen LogP contribution in [0.3, 0.4) is 0 Å². The molecule has 3 nitrogen and oxygen atoms in total. The van der Waals surface area contributed by atoms with Gasteiger partial charge in [0.05, 0.1) is 11.6 Å². The van der Waals surface area contributed by atoms with E-state index in [-0.39, 0.29) is 5.25 Å². The molecule has 0 fully saturated rings. The molecule has 5 rings (SSSR count). The molecule has 0 amide bonds. The fourth-order valence-electron chi connectivity index (χ4n) is 4.70. The predicted molar refractivity (Wildman–Crippen MR) is 135 cm³/mol. The molecule has 0 N–H and O–H groups in total. The molecule has 0 saturated carbocycles. The first kappa shape index (κ1) is 21.7. The number of fused-ring (bicyclic) bond motifs is 1. The van der Waals surface area contributed by atoms with Gasteiger partial charge in [-0.25, -0.2) is 4.98 Å². The Kier molecular flexibility index (Phi) is 6.73. The van der Waals surface area contributed by atoms with Gasteiger partial charge in [-0.3, -0.25) is 4.79 Å². The zero-order valence-corrected chi connectivity index (χ0v) is 19.5. The quantitative estimate of drug-likeness (QED) is 0.278. The lowest BCUT2D eigenvalue weighted by Gasteiger charge is -2.24. The van der Waals surface area contributed by atoms with Crippen LogP contribution in [0.2, 0.25) is 0 Å². The van der Waals surface area contributed by atoms with E-state index in [1.54, 1.807) is 0 Å². The van der Waals surface area contributed by atoms with Crippen molar-refractivity contribution >= 4 is 17.5 Å². The summed E-state index contributed by atoms with van der Waals surface area (Å²) in [4.78, 5) is 18.2. The third-order valence-corrected chi connectivity index (χ3v) is 7.74. The van der Waals surface area contributed by atoms with Crippen LogP contribution in [0.5, 0.6) is 0 Å². The maximum atomic E-state index is 12.7. The van der Waals surface area contributed by atoms with Crippen molar-refractivity contribution in [1.82, 2.24) is 9.55 Å². The van der Waals surface area contributed by atoms with Gasteiger partial charge in [0.2, 0.25) is 0 Å². The average molecular weight is 453 g/mol. The Morgan fingerprint density at radius 1 is 0.909 bits per heavy atom. The lowest BCUT2D eigenvalue weighted by Crippen LogP contribution is -2.15. The molecule has 0 spiro atoms. The molecule has 1 aliphatic rings. The van der Waals surface area contributed by atoms with Gasteiger partial charge in [-0.15, -0.1) is 11.8 Å². The van der Waals surface area contributed by atoms with Gasteiger partial charge in [-0.2, -0.15) is 0 Å². The number of carbonyl (C=O) groups excluding carboxylic acids is 1. The second kappa shape index (κ2) is 10.2. The Bertz CT molecular complexity index is 1200. The summed E-state index contributed by atoms with van der Waals surface area (Å²) in [6.07, 6.45) is 10.3. The number of nitrogens with zero attached hydrogens (tertiary/aromatic N) is 2. The first-order valence-corrected chi connectivity index (χ1v) is 12.5. The smallest absolute Gasteiger partial charge is 0.163 e. The van der Waals surface area contributed by atoms with Gasteiger partial charge in [0.25, 0.3) is 0 Å². The van der Waals surface area contributed by atoms with Gasteiger partial charge in [0.15, 0.2) is 5.78 Å². The number of ketones is 1. The van der Waals surface area contributed by atoms with Gasteiger partial charge in [0.1, 0.15) is 0 Å². The van der Waals surface area contributed by atoms with E-state index in [0.717, 1.165) is 37.8 Å². The number of Topliss-reactive ketones (excluding diaryl/α,β-unsaturated/α-hetero) is 1. The fourth-order valence-corrected chi connectivity index (χ4v) is 6.06. The van der Waals surface area contributed by atoms with Crippen molar-refractivity contribution in [2.75, 3.05) is 0 Å². The van der Waals surface area contributed by atoms with Crippen LogP contribution >= 0.6 is 11.8 Å².